The first-order chi connectivity index (χ1) is 9.06. The Balaban J connectivity index is 2.27. The van der Waals surface area contributed by atoms with E-state index in [0.717, 1.165) is 23.1 Å². The molecule has 1 aromatic carbocycles. The molecule has 102 valence electrons. The van der Waals surface area contributed by atoms with E-state index < -0.39 is 0 Å². The van der Waals surface area contributed by atoms with Crippen LogP contribution >= 0.6 is 15.9 Å². The van der Waals surface area contributed by atoms with E-state index in [0.29, 0.717) is 17.9 Å². The molecule has 0 saturated carbocycles. The molecule has 2 amide bonds. The van der Waals surface area contributed by atoms with Gasteiger partial charge in [0.1, 0.15) is 0 Å². The van der Waals surface area contributed by atoms with Gasteiger partial charge < -0.3 is 10.2 Å². The van der Waals surface area contributed by atoms with Crippen molar-refractivity contribution in [2.45, 2.75) is 13.3 Å². The summed E-state index contributed by atoms with van der Waals surface area (Å²) in [5.74, 6) is 0.409. The molecule has 19 heavy (non-hydrogen) atoms. The van der Waals surface area contributed by atoms with E-state index in [1.165, 1.54) is 0 Å². The van der Waals surface area contributed by atoms with Gasteiger partial charge in [-0.15, -0.1) is 0 Å². The number of hydrogen-bond donors (Lipinski definition) is 1. The molecular formula is C14H17BrN2O2. The highest BCUT2D eigenvalue weighted by atomic mass is 79.9. The molecule has 5 heteroatoms. The second kappa shape index (κ2) is 5.74. The minimum absolute atomic E-state index is 0.110. The number of nitrogens with one attached hydrogen (secondary N) is 1. The van der Waals surface area contributed by atoms with Crippen molar-refractivity contribution in [3.63, 3.8) is 0 Å². The monoisotopic (exact) mass is 324 g/mol. The number of hydrogen-bond acceptors (Lipinski definition) is 2. The lowest BCUT2D eigenvalue weighted by Gasteiger charge is -2.19. The highest BCUT2D eigenvalue weighted by Crippen LogP contribution is 2.29. The van der Waals surface area contributed by atoms with Crippen LogP contribution in [0.1, 0.15) is 22.3 Å². The lowest BCUT2D eigenvalue weighted by atomic mass is 10.1. The predicted molar refractivity (Wildman–Crippen MR) is 78.8 cm³/mol. The van der Waals surface area contributed by atoms with Crippen LogP contribution in [0.4, 0.5) is 5.69 Å². The van der Waals surface area contributed by atoms with Crippen molar-refractivity contribution in [2.24, 2.45) is 5.92 Å². The van der Waals surface area contributed by atoms with E-state index in [-0.39, 0.29) is 11.8 Å². The lowest BCUT2D eigenvalue weighted by Crippen LogP contribution is -2.26. The summed E-state index contributed by atoms with van der Waals surface area (Å²) in [5.41, 5.74) is 2.47. The first kappa shape index (κ1) is 14.1. The zero-order valence-corrected chi connectivity index (χ0v) is 12.7. The maximum atomic E-state index is 12.0. The van der Waals surface area contributed by atoms with Gasteiger partial charge in [0.25, 0.3) is 5.91 Å². The summed E-state index contributed by atoms with van der Waals surface area (Å²) in [6, 6.07) is 5.44. The van der Waals surface area contributed by atoms with Crippen LogP contribution in [0.25, 0.3) is 0 Å². The summed E-state index contributed by atoms with van der Waals surface area (Å²) in [5, 5.41) is 3.43. The molecule has 1 unspecified atom stereocenters. The SMILES string of the molecule is CNC(=O)c1ccc(N2CC(CBr)CC2=O)c(C)c1. The predicted octanol–water partition coefficient (Wildman–Crippen LogP) is 2.10. The van der Waals surface area contributed by atoms with Crippen molar-refractivity contribution in [3.05, 3.63) is 29.3 Å². The summed E-state index contributed by atoms with van der Waals surface area (Å²) in [6.07, 6.45) is 0.585. The van der Waals surface area contributed by atoms with Gasteiger partial charge in [-0.1, -0.05) is 15.9 Å². The summed E-state index contributed by atoms with van der Waals surface area (Å²) in [6.45, 7) is 2.67. The van der Waals surface area contributed by atoms with E-state index >= 15 is 0 Å². The van der Waals surface area contributed by atoms with Gasteiger partial charge in [0, 0.05) is 36.6 Å². The van der Waals surface area contributed by atoms with Crippen molar-refractivity contribution in [2.75, 3.05) is 23.8 Å². The Morgan fingerprint density at radius 3 is 2.79 bits per heavy atom. The second-order valence-electron chi connectivity index (χ2n) is 4.81. The Kier molecular flexibility index (Phi) is 4.24. The van der Waals surface area contributed by atoms with Gasteiger partial charge in [-0.2, -0.15) is 0 Å². The Bertz CT molecular complexity index is 516. The van der Waals surface area contributed by atoms with Crippen LogP contribution in [0, 0.1) is 12.8 Å². The van der Waals surface area contributed by atoms with Crippen LogP contribution in [0.15, 0.2) is 18.2 Å². The Morgan fingerprint density at radius 1 is 1.53 bits per heavy atom. The molecule has 1 saturated heterocycles. The number of aryl methyl sites for hydroxylation is 1. The highest BCUT2D eigenvalue weighted by molar-refractivity contribution is 9.09. The third-order valence-corrected chi connectivity index (χ3v) is 4.32. The first-order valence-corrected chi connectivity index (χ1v) is 7.38. The van der Waals surface area contributed by atoms with Crippen molar-refractivity contribution in [1.82, 2.24) is 5.32 Å². The number of alkyl halides is 1. The fraction of sp³-hybridized carbons (Fsp3) is 0.429. The zero-order chi connectivity index (χ0) is 14.0. The number of carbonyl (C=O) groups excluding carboxylic acids is 2. The molecule has 2 rings (SSSR count). The Labute approximate surface area is 121 Å². The molecular weight excluding hydrogens is 308 g/mol. The van der Waals surface area contributed by atoms with Gasteiger partial charge >= 0.3 is 0 Å². The summed E-state index contributed by atoms with van der Waals surface area (Å²) in [4.78, 5) is 25.4. The van der Waals surface area contributed by atoms with Gasteiger partial charge in [-0.25, -0.2) is 0 Å². The number of rotatable bonds is 3. The Hall–Kier alpha value is -1.36. The molecule has 4 nitrogen and oxygen atoms in total. The number of carbonyl (C=O) groups is 2. The molecule has 0 aliphatic carbocycles. The number of anilines is 1. The minimum atomic E-state index is -0.110. The third kappa shape index (κ3) is 2.81. The van der Waals surface area contributed by atoms with Crippen LogP contribution in [0.2, 0.25) is 0 Å². The van der Waals surface area contributed by atoms with Crippen molar-refractivity contribution in [3.8, 4) is 0 Å². The van der Waals surface area contributed by atoms with Gasteiger partial charge in [-0.3, -0.25) is 9.59 Å². The topological polar surface area (TPSA) is 49.4 Å². The molecule has 0 radical (unpaired) electrons. The number of amides is 2. The molecule has 0 aromatic heterocycles. The van der Waals surface area contributed by atoms with Crippen LogP contribution in [0.3, 0.4) is 0 Å². The largest absolute Gasteiger partial charge is 0.355 e. The van der Waals surface area contributed by atoms with Gasteiger partial charge in [-0.05, 0) is 36.6 Å². The fourth-order valence-electron chi connectivity index (χ4n) is 2.36. The lowest BCUT2D eigenvalue weighted by molar-refractivity contribution is -0.117. The summed E-state index contributed by atoms with van der Waals surface area (Å²) < 4.78 is 0. The molecule has 0 bridgehead atoms. The van der Waals surface area contributed by atoms with Crippen LogP contribution in [0.5, 0.6) is 0 Å². The molecule has 1 aliphatic heterocycles. The number of halogens is 1. The van der Waals surface area contributed by atoms with Crippen molar-refractivity contribution in [1.29, 1.82) is 0 Å². The number of benzene rings is 1. The fourth-order valence-corrected chi connectivity index (χ4v) is 2.80. The van der Waals surface area contributed by atoms with E-state index in [1.54, 1.807) is 13.1 Å². The standard InChI is InChI=1S/C14H17BrN2O2/c1-9-5-11(14(19)16-2)3-4-12(9)17-8-10(7-15)6-13(17)18/h3-5,10H,6-8H2,1-2H3,(H,16,19). The molecule has 1 aliphatic rings. The van der Waals surface area contributed by atoms with E-state index in [2.05, 4.69) is 21.2 Å². The van der Waals surface area contributed by atoms with Crippen LogP contribution in [-0.4, -0.2) is 30.7 Å². The summed E-state index contributed by atoms with van der Waals surface area (Å²) >= 11 is 3.43. The average molecular weight is 325 g/mol. The minimum Gasteiger partial charge on any atom is -0.355 e. The molecule has 1 aromatic rings. The third-order valence-electron chi connectivity index (χ3n) is 3.40. The zero-order valence-electron chi connectivity index (χ0n) is 11.1. The quantitative estimate of drug-likeness (QED) is 0.866. The normalized spacial score (nSPS) is 18.8. The molecule has 1 N–H and O–H groups in total. The van der Waals surface area contributed by atoms with Gasteiger partial charge in [0.15, 0.2) is 0 Å². The Morgan fingerprint density at radius 2 is 2.26 bits per heavy atom. The molecule has 1 atom stereocenters. The average Bonchev–Trinajstić information content (AvgIpc) is 2.79. The van der Waals surface area contributed by atoms with Gasteiger partial charge in [0.2, 0.25) is 5.91 Å². The second-order valence-corrected chi connectivity index (χ2v) is 5.46. The maximum absolute atomic E-state index is 12.0. The number of nitrogens with zero attached hydrogens (tertiary/aromatic N) is 1. The molecule has 1 heterocycles. The van der Waals surface area contributed by atoms with Crippen molar-refractivity contribution >= 4 is 33.4 Å². The van der Waals surface area contributed by atoms with Gasteiger partial charge in [0.05, 0.1) is 0 Å². The van der Waals surface area contributed by atoms with Crippen LogP contribution in [-0.2, 0) is 4.79 Å². The molecule has 0 spiro atoms. The van der Waals surface area contributed by atoms with E-state index in [9.17, 15) is 9.59 Å². The first-order valence-electron chi connectivity index (χ1n) is 6.26. The van der Waals surface area contributed by atoms with E-state index in [1.807, 2.05) is 24.0 Å². The van der Waals surface area contributed by atoms with Crippen molar-refractivity contribution < 1.29 is 9.59 Å². The smallest absolute Gasteiger partial charge is 0.251 e. The molecule has 1 fully saturated rings. The highest BCUT2D eigenvalue weighted by Gasteiger charge is 2.30. The summed E-state index contributed by atoms with van der Waals surface area (Å²) in [7, 11) is 1.61. The van der Waals surface area contributed by atoms with E-state index in [4.69, 9.17) is 0 Å². The van der Waals surface area contributed by atoms with Crippen LogP contribution < -0.4 is 10.2 Å². The maximum Gasteiger partial charge on any atom is 0.251 e.